The van der Waals surface area contributed by atoms with E-state index in [1.165, 1.54) is 38.5 Å². The largest absolute Gasteiger partial charge is 0.493 e. The second-order valence-corrected chi connectivity index (χ2v) is 5.14. The molecule has 6 nitrogen and oxygen atoms in total. The van der Waals surface area contributed by atoms with Gasteiger partial charge in [0.25, 0.3) is 5.69 Å². The number of ether oxygens (including phenoxy) is 2. The van der Waals surface area contributed by atoms with E-state index in [1.807, 2.05) is 0 Å². The van der Waals surface area contributed by atoms with Gasteiger partial charge in [0.15, 0.2) is 17.3 Å². The second kappa shape index (κ2) is 7.61. The number of rotatable bonds is 6. The Labute approximate surface area is 143 Å². The van der Waals surface area contributed by atoms with Crippen molar-refractivity contribution < 1.29 is 19.2 Å². The molecule has 0 aliphatic rings. The molecule has 0 unspecified atom stereocenters. The van der Waals surface area contributed by atoms with Crippen LogP contribution in [0.4, 0.5) is 5.69 Å². The lowest BCUT2D eigenvalue weighted by atomic mass is 10.1. The molecule has 0 N–H and O–H groups in total. The number of methoxy groups -OCH3 is 2. The van der Waals surface area contributed by atoms with Gasteiger partial charge in [0.2, 0.25) is 0 Å². The van der Waals surface area contributed by atoms with E-state index in [2.05, 4.69) is 0 Å². The highest BCUT2D eigenvalue weighted by Gasteiger charge is 2.12. The summed E-state index contributed by atoms with van der Waals surface area (Å²) >= 11 is 5.75. The summed E-state index contributed by atoms with van der Waals surface area (Å²) in [7, 11) is 2.99. The first-order chi connectivity index (χ1) is 11.5. The highest BCUT2D eigenvalue weighted by molar-refractivity contribution is 6.32. The molecule has 0 spiro atoms. The molecule has 2 aromatic rings. The minimum Gasteiger partial charge on any atom is -0.493 e. The van der Waals surface area contributed by atoms with Crippen LogP contribution in [0.5, 0.6) is 11.5 Å². The number of nitro benzene ring substituents is 1. The number of nitrogens with zero attached hydrogens (tertiary/aromatic N) is 1. The van der Waals surface area contributed by atoms with Crippen molar-refractivity contribution in [3.8, 4) is 11.5 Å². The van der Waals surface area contributed by atoms with Gasteiger partial charge in [-0.3, -0.25) is 14.9 Å². The number of allylic oxidation sites excluding steroid dienone is 1. The molecule has 0 aliphatic carbocycles. The monoisotopic (exact) mass is 347 g/mol. The average Bonchev–Trinajstić information content (AvgIpc) is 2.59. The summed E-state index contributed by atoms with van der Waals surface area (Å²) in [4.78, 5) is 22.5. The van der Waals surface area contributed by atoms with Crippen molar-refractivity contribution in [2.24, 2.45) is 0 Å². The first-order valence-corrected chi connectivity index (χ1v) is 7.22. The molecule has 2 aromatic carbocycles. The van der Waals surface area contributed by atoms with Crippen LogP contribution < -0.4 is 9.47 Å². The summed E-state index contributed by atoms with van der Waals surface area (Å²) in [5.74, 6) is 0.693. The molecule has 7 heteroatoms. The second-order valence-electron chi connectivity index (χ2n) is 4.74. The predicted molar refractivity (Wildman–Crippen MR) is 91.0 cm³/mol. The van der Waals surface area contributed by atoms with Crippen molar-refractivity contribution in [1.29, 1.82) is 0 Å². The minimum atomic E-state index is -0.574. The maximum Gasteiger partial charge on any atom is 0.288 e. The van der Waals surface area contributed by atoms with Gasteiger partial charge in [0.05, 0.1) is 19.1 Å². The standard InChI is InChI=1S/C17H14ClNO5/c1-23-16-8-5-12(10-17(16)24-2)15(20)7-4-11-3-6-13(18)14(9-11)19(21)22/h3-10H,1-2H3/b7-4+. The van der Waals surface area contributed by atoms with Gasteiger partial charge in [0, 0.05) is 11.6 Å². The number of ketones is 1. The van der Waals surface area contributed by atoms with Crippen LogP contribution in [0, 0.1) is 10.1 Å². The number of nitro groups is 1. The first-order valence-electron chi connectivity index (χ1n) is 6.84. The smallest absolute Gasteiger partial charge is 0.288 e. The molecule has 0 aliphatic heterocycles. The van der Waals surface area contributed by atoms with Crippen molar-refractivity contribution in [2.75, 3.05) is 14.2 Å². The normalized spacial score (nSPS) is 10.6. The lowest BCUT2D eigenvalue weighted by molar-refractivity contribution is -0.384. The van der Waals surface area contributed by atoms with Crippen LogP contribution in [0.15, 0.2) is 42.5 Å². The SMILES string of the molecule is COc1ccc(C(=O)/C=C/c2ccc(Cl)c([N+](=O)[O-])c2)cc1OC. The number of carbonyl (C=O) groups excluding carboxylic acids is 1. The maximum absolute atomic E-state index is 12.2. The van der Waals surface area contributed by atoms with E-state index in [0.717, 1.165) is 0 Å². The molecular weight excluding hydrogens is 334 g/mol. The molecule has 0 heterocycles. The van der Waals surface area contributed by atoms with Crippen LogP contribution in [-0.2, 0) is 0 Å². The zero-order valence-corrected chi connectivity index (χ0v) is 13.7. The Kier molecular flexibility index (Phi) is 5.55. The molecule has 0 atom stereocenters. The van der Waals surface area contributed by atoms with E-state index in [9.17, 15) is 14.9 Å². The van der Waals surface area contributed by atoms with Gasteiger partial charge >= 0.3 is 0 Å². The summed E-state index contributed by atoms with van der Waals surface area (Å²) < 4.78 is 10.3. The van der Waals surface area contributed by atoms with Crippen LogP contribution in [0.25, 0.3) is 6.08 Å². The zero-order valence-electron chi connectivity index (χ0n) is 13.0. The summed E-state index contributed by atoms with van der Waals surface area (Å²) in [5.41, 5.74) is 0.699. The maximum atomic E-state index is 12.2. The van der Waals surface area contributed by atoms with Gasteiger partial charge in [0.1, 0.15) is 5.02 Å². The third-order valence-electron chi connectivity index (χ3n) is 3.26. The molecular formula is C17H14ClNO5. The molecule has 124 valence electrons. The van der Waals surface area contributed by atoms with E-state index in [4.69, 9.17) is 21.1 Å². The molecule has 2 rings (SSSR count). The molecule has 0 aromatic heterocycles. The number of hydrogen-bond donors (Lipinski definition) is 0. The lowest BCUT2D eigenvalue weighted by Crippen LogP contribution is -1.97. The van der Waals surface area contributed by atoms with Gasteiger partial charge in [-0.25, -0.2) is 0 Å². The molecule has 0 saturated carbocycles. The quantitative estimate of drug-likeness (QED) is 0.339. The third kappa shape index (κ3) is 3.91. The van der Waals surface area contributed by atoms with E-state index in [-0.39, 0.29) is 16.5 Å². The fraction of sp³-hybridized carbons (Fsp3) is 0.118. The van der Waals surface area contributed by atoms with E-state index in [1.54, 1.807) is 24.3 Å². The van der Waals surface area contributed by atoms with Gasteiger partial charge in [-0.15, -0.1) is 0 Å². The Morgan fingerprint density at radius 1 is 1.12 bits per heavy atom. The van der Waals surface area contributed by atoms with Crippen LogP contribution in [-0.4, -0.2) is 24.9 Å². The van der Waals surface area contributed by atoms with Crippen molar-refractivity contribution in [3.05, 3.63) is 68.7 Å². The van der Waals surface area contributed by atoms with Gasteiger partial charge in [-0.05, 0) is 35.9 Å². The minimum absolute atomic E-state index is 0.0448. The Morgan fingerprint density at radius 2 is 1.83 bits per heavy atom. The first kappa shape index (κ1) is 17.5. The fourth-order valence-electron chi connectivity index (χ4n) is 2.03. The third-order valence-corrected chi connectivity index (χ3v) is 3.58. The Morgan fingerprint density at radius 3 is 2.46 bits per heavy atom. The summed E-state index contributed by atoms with van der Waals surface area (Å²) in [6.45, 7) is 0. The Balaban J connectivity index is 2.25. The van der Waals surface area contributed by atoms with Crippen molar-refractivity contribution in [1.82, 2.24) is 0 Å². The Hall–Kier alpha value is -2.86. The molecule has 24 heavy (non-hydrogen) atoms. The molecule has 0 fully saturated rings. The summed E-state index contributed by atoms with van der Waals surface area (Å²) in [6.07, 6.45) is 2.82. The van der Waals surface area contributed by atoms with Gasteiger partial charge in [-0.2, -0.15) is 0 Å². The highest BCUT2D eigenvalue weighted by Crippen LogP contribution is 2.28. The average molecular weight is 348 g/mol. The predicted octanol–water partition coefficient (Wildman–Crippen LogP) is 4.16. The lowest BCUT2D eigenvalue weighted by Gasteiger charge is -2.08. The Bertz CT molecular complexity index is 817. The number of halogens is 1. The van der Waals surface area contributed by atoms with Gasteiger partial charge < -0.3 is 9.47 Å². The van der Waals surface area contributed by atoms with Crippen molar-refractivity contribution in [2.45, 2.75) is 0 Å². The van der Waals surface area contributed by atoms with Crippen LogP contribution in [0.3, 0.4) is 0 Å². The number of hydrogen-bond acceptors (Lipinski definition) is 5. The number of benzene rings is 2. The van der Waals surface area contributed by atoms with Crippen LogP contribution in [0.2, 0.25) is 5.02 Å². The molecule has 0 saturated heterocycles. The highest BCUT2D eigenvalue weighted by atomic mass is 35.5. The molecule has 0 bridgehead atoms. The number of carbonyl (C=O) groups is 1. The molecule has 0 amide bonds. The van der Waals surface area contributed by atoms with Crippen LogP contribution >= 0.6 is 11.6 Å². The summed E-state index contributed by atoms with van der Waals surface area (Å²) in [6, 6.07) is 9.12. The van der Waals surface area contributed by atoms with Crippen molar-refractivity contribution in [3.63, 3.8) is 0 Å². The van der Waals surface area contributed by atoms with E-state index < -0.39 is 4.92 Å². The molecule has 0 radical (unpaired) electrons. The van der Waals surface area contributed by atoms with Gasteiger partial charge in [-0.1, -0.05) is 23.7 Å². The summed E-state index contributed by atoms with van der Waals surface area (Å²) in [5, 5.41) is 10.9. The topological polar surface area (TPSA) is 78.7 Å². The fourth-order valence-corrected chi connectivity index (χ4v) is 2.22. The zero-order chi connectivity index (χ0) is 17.7. The van der Waals surface area contributed by atoms with E-state index >= 15 is 0 Å². The van der Waals surface area contributed by atoms with E-state index in [0.29, 0.717) is 22.6 Å². The van der Waals surface area contributed by atoms with Crippen molar-refractivity contribution >= 4 is 29.1 Å². The van der Waals surface area contributed by atoms with Crippen LogP contribution in [0.1, 0.15) is 15.9 Å².